The molecule has 2 N–H and O–H groups in total. The van der Waals surface area contributed by atoms with Crippen LogP contribution in [0.3, 0.4) is 0 Å². The lowest BCUT2D eigenvalue weighted by molar-refractivity contribution is -0.162. The first-order valence-corrected chi connectivity index (χ1v) is 27.7. The molecule has 0 aromatic heterocycles. The van der Waals surface area contributed by atoms with Crippen molar-refractivity contribution in [2.45, 2.75) is 226 Å². The van der Waals surface area contributed by atoms with Gasteiger partial charge in [0.05, 0.1) is 19.1 Å². The lowest BCUT2D eigenvalue weighted by Crippen LogP contribution is -2.31. The number of unbranched alkanes of at least 4 members (excludes halogenated alkanes) is 21. The number of rotatable bonds is 49. The maximum atomic E-state index is 13.5. The van der Waals surface area contributed by atoms with Crippen LogP contribution in [0.1, 0.15) is 220 Å². The maximum Gasteiger partial charge on any atom is 0.474 e. The Hall–Kier alpha value is -2.57. The molecule has 0 bridgehead atoms. The first kappa shape index (κ1) is 63.4. The highest BCUT2D eigenvalue weighted by atomic mass is 31.2. The van der Waals surface area contributed by atoms with Gasteiger partial charge in [0.15, 0.2) is 6.10 Å². The molecule has 3 atom stereocenters. The highest BCUT2D eigenvalue weighted by Crippen LogP contribution is 2.48. The van der Waals surface area contributed by atoms with E-state index in [2.05, 4.69) is 49.6 Å². The van der Waals surface area contributed by atoms with Gasteiger partial charge in [0, 0.05) is 53.2 Å². The van der Waals surface area contributed by atoms with E-state index in [9.17, 15) is 23.7 Å². The van der Waals surface area contributed by atoms with Crippen LogP contribution < -0.4 is 10.6 Å². The largest absolute Gasteiger partial charge is 0.474 e. The predicted octanol–water partition coefficient (Wildman–Crippen LogP) is 13.0. The Labute approximate surface area is 402 Å². The van der Waals surface area contributed by atoms with Gasteiger partial charge in [0.1, 0.15) is 6.61 Å². The number of phosphoric acid groups is 1. The Bertz CT molecular complexity index is 1280. The van der Waals surface area contributed by atoms with Gasteiger partial charge in [-0.15, -0.1) is 0 Å². The SMILES string of the molecule is CCCCCCCC/C=C\C(CCCCCC)C(=O)OC[C@H](COP(=O)(OC)OCCNC(=O)CCCCC(=O)NCCCOC)OC(=O)CCCCCCC/C=C/CCCCCCCC. The van der Waals surface area contributed by atoms with Crippen LogP contribution in [0.15, 0.2) is 24.3 Å². The fourth-order valence-corrected chi connectivity index (χ4v) is 8.18. The second-order valence-electron chi connectivity index (χ2n) is 17.5. The van der Waals surface area contributed by atoms with Crippen molar-refractivity contribution in [2.75, 3.05) is 53.7 Å². The summed E-state index contributed by atoms with van der Waals surface area (Å²) in [6, 6.07) is 0. The third-order valence-corrected chi connectivity index (χ3v) is 12.7. The molecule has 2 unspecified atom stereocenters. The minimum absolute atomic E-state index is 0.0491. The summed E-state index contributed by atoms with van der Waals surface area (Å²) in [6.07, 6.45) is 38.1. The molecular formula is C52H97N2O11P. The molecule has 0 heterocycles. The lowest BCUT2D eigenvalue weighted by Gasteiger charge is -2.22. The lowest BCUT2D eigenvalue weighted by atomic mass is 9.99. The number of allylic oxidation sites excluding steroid dienone is 3. The number of nitrogens with one attached hydrogen (secondary N) is 2. The van der Waals surface area contributed by atoms with Gasteiger partial charge < -0.3 is 24.8 Å². The van der Waals surface area contributed by atoms with E-state index >= 15 is 0 Å². The van der Waals surface area contributed by atoms with E-state index in [-0.39, 0.29) is 44.4 Å². The summed E-state index contributed by atoms with van der Waals surface area (Å²) in [5, 5.41) is 5.54. The van der Waals surface area contributed by atoms with Crippen LogP contribution in [0.25, 0.3) is 0 Å². The molecular weight excluding hydrogens is 860 g/mol. The highest BCUT2D eigenvalue weighted by Gasteiger charge is 2.29. The van der Waals surface area contributed by atoms with Crippen molar-refractivity contribution in [1.82, 2.24) is 10.6 Å². The van der Waals surface area contributed by atoms with Crippen LogP contribution in [0, 0.1) is 5.92 Å². The number of amides is 2. The van der Waals surface area contributed by atoms with Crippen LogP contribution in [0.2, 0.25) is 0 Å². The summed E-state index contributed by atoms with van der Waals surface area (Å²) >= 11 is 0. The Morgan fingerprint density at radius 2 is 1.03 bits per heavy atom. The van der Waals surface area contributed by atoms with Crippen LogP contribution >= 0.6 is 7.82 Å². The predicted molar refractivity (Wildman–Crippen MR) is 267 cm³/mol. The van der Waals surface area contributed by atoms with Gasteiger partial charge in [-0.2, -0.15) is 0 Å². The van der Waals surface area contributed by atoms with Gasteiger partial charge in [-0.3, -0.25) is 32.7 Å². The second-order valence-corrected chi connectivity index (χ2v) is 19.3. The summed E-state index contributed by atoms with van der Waals surface area (Å²) in [4.78, 5) is 50.9. The van der Waals surface area contributed by atoms with Crippen LogP contribution in [0.4, 0.5) is 0 Å². The molecule has 14 heteroatoms. The van der Waals surface area contributed by atoms with E-state index in [1.165, 1.54) is 77.7 Å². The number of esters is 2. The van der Waals surface area contributed by atoms with Crippen LogP contribution in [-0.4, -0.2) is 83.6 Å². The maximum absolute atomic E-state index is 13.5. The van der Waals surface area contributed by atoms with Crippen molar-refractivity contribution in [3.63, 3.8) is 0 Å². The normalized spacial score (nSPS) is 13.5. The summed E-state index contributed by atoms with van der Waals surface area (Å²) < 4.78 is 46.1. The molecule has 0 rings (SSSR count). The zero-order valence-corrected chi connectivity index (χ0v) is 43.5. The standard InChI is InChI=1S/C52H97N2O11P/c1-6-9-12-15-17-19-20-21-22-23-24-25-27-29-32-40-51(57)65-48(45-62-52(58)47(36-30-14-11-8-3)37-31-28-26-18-16-13-10-7-2)46-64-66(59,61-5)63-44-42-54-50(56)39-34-33-38-49(55)53-41-35-43-60-4/h21-22,31,37,47-48H,6-20,23-30,32-36,38-46H2,1-5H3,(H,53,55)(H,54,56)/b22-21+,37-31-/t47?,48-,66?/m1/s1. The average Bonchev–Trinajstić information content (AvgIpc) is 3.31. The topological polar surface area (TPSA) is 165 Å². The van der Waals surface area contributed by atoms with Gasteiger partial charge in [0.2, 0.25) is 11.8 Å². The molecule has 0 aliphatic heterocycles. The Morgan fingerprint density at radius 3 is 1.59 bits per heavy atom. The van der Waals surface area contributed by atoms with E-state index in [0.29, 0.717) is 45.3 Å². The van der Waals surface area contributed by atoms with Crippen molar-refractivity contribution in [1.29, 1.82) is 0 Å². The van der Waals surface area contributed by atoms with Crippen LogP contribution in [-0.2, 0) is 51.5 Å². The number of carbonyl (C=O) groups excluding carboxylic acids is 4. The summed E-state index contributed by atoms with van der Waals surface area (Å²) in [6.45, 7) is 6.96. The molecule has 0 spiro atoms. The van der Waals surface area contributed by atoms with Crippen molar-refractivity contribution in [3.8, 4) is 0 Å². The molecule has 0 aromatic rings. The number of phosphoric ester groups is 1. The molecule has 0 saturated carbocycles. The molecule has 0 aromatic carbocycles. The Kier molecular flexibility index (Phi) is 45.6. The van der Waals surface area contributed by atoms with Crippen molar-refractivity contribution in [3.05, 3.63) is 24.3 Å². The summed E-state index contributed by atoms with van der Waals surface area (Å²) in [5.41, 5.74) is 0. The zero-order valence-electron chi connectivity index (χ0n) is 42.6. The summed E-state index contributed by atoms with van der Waals surface area (Å²) in [5.74, 6) is -1.56. The smallest absolute Gasteiger partial charge is 0.461 e. The molecule has 2 amide bonds. The van der Waals surface area contributed by atoms with E-state index in [0.717, 1.165) is 83.5 Å². The zero-order chi connectivity index (χ0) is 48.6. The van der Waals surface area contributed by atoms with Gasteiger partial charge in [-0.05, 0) is 70.6 Å². The quantitative estimate of drug-likeness (QED) is 0.0258. The van der Waals surface area contributed by atoms with Crippen molar-refractivity contribution in [2.24, 2.45) is 5.92 Å². The molecule has 0 radical (unpaired) electrons. The average molecular weight is 957 g/mol. The van der Waals surface area contributed by atoms with Gasteiger partial charge in [-0.1, -0.05) is 154 Å². The molecule has 66 heavy (non-hydrogen) atoms. The Morgan fingerprint density at radius 1 is 0.530 bits per heavy atom. The van der Waals surface area contributed by atoms with Crippen molar-refractivity contribution < 1.29 is 51.5 Å². The van der Waals surface area contributed by atoms with Gasteiger partial charge >= 0.3 is 19.8 Å². The van der Waals surface area contributed by atoms with E-state index < -0.39 is 38.4 Å². The minimum atomic E-state index is -4.13. The van der Waals surface area contributed by atoms with Gasteiger partial charge in [-0.25, -0.2) is 4.57 Å². The molecule has 0 aliphatic rings. The minimum Gasteiger partial charge on any atom is -0.461 e. The molecule has 0 fully saturated rings. The van der Waals surface area contributed by atoms with E-state index in [4.69, 9.17) is 27.8 Å². The third kappa shape index (κ3) is 41.6. The number of hydrogen-bond donors (Lipinski definition) is 2. The van der Waals surface area contributed by atoms with E-state index in [1.54, 1.807) is 7.11 Å². The van der Waals surface area contributed by atoms with Gasteiger partial charge in [0.25, 0.3) is 0 Å². The molecule has 0 saturated heterocycles. The van der Waals surface area contributed by atoms with Crippen LogP contribution in [0.5, 0.6) is 0 Å². The second kappa shape index (κ2) is 47.5. The number of hydrogen-bond acceptors (Lipinski definition) is 11. The first-order chi connectivity index (χ1) is 32.1. The fraction of sp³-hybridized carbons (Fsp3) is 0.846. The Balaban J connectivity index is 5.19. The number of carbonyl (C=O) groups is 4. The molecule has 13 nitrogen and oxygen atoms in total. The third-order valence-electron chi connectivity index (χ3n) is 11.3. The van der Waals surface area contributed by atoms with E-state index in [1.807, 2.05) is 6.08 Å². The monoisotopic (exact) mass is 957 g/mol. The highest BCUT2D eigenvalue weighted by molar-refractivity contribution is 7.48. The number of ether oxygens (including phenoxy) is 3. The molecule has 386 valence electrons. The number of methoxy groups -OCH3 is 1. The fourth-order valence-electron chi connectivity index (χ4n) is 7.23. The first-order valence-electron chi connectivity index (χ1n) is 26.3. The molecule has 0 aliphatic carbocycles. The summed E-state index contributed by atoms with van der Waals surface area (Å²) in [7, 11) is -1.33. The van der Waals surface area contributed by atoms with Crippen molar-refractivity contribution >= 4 is 31.6 Å².